The highest BCUT2D eigenvalue weighted by Gasteiger charge is 2.26. The van der Waals surface area contributed by atoms with Gasteiger partial charge in [-0.1, -0.05) is 121 Å². The molecule has 0 saturated heterocycles. The number of benzene rings is 8. The van der Waals surface area contributed by atoms with E-state index in [2.05, 4.69) is 163 Å². The van der Waals surface area contributed by atoms with E-state index in [4.69, 9.17) is 4.42 Å². The van der Waals surface area contributed by atoms with Crippen LogP contribution in [0.2, 0.25) is 0 Å². The molecule has 2 heterocycles. The Labute approximate surface area is 275 Å². The Morgan fingerprint density at radius 2 is 1.13 bits per heavy atom. The van der Waals surface area contributed by atoms with E-state index in [0.717, 1.165) is 50.1 Å². The molecule has 47 heavy (non-hydrogen) atoms. The first-order valence-electron chi connectivity index (χ1n) is 15.9. The molecule has 0 aliphatic heterocycles. The van der Waals surface area contributed by atoms with Gasteiger partial charge in [0.25, 0.3) is 0 Å². The zero-order chi connectivity index (χ0) is 30.9. The Balaban J connectivity index is 1.39. The van der Waals surface area contributed by atoms with Gasteiger partial charge in [-0.05, 0) is 64.2 Å². The fraction of sp³-hybridized carbons (Fsp3) is 0. The minimum absolute atomic E-state index is 0.875. The van der Waals surface area contributed by atoms with Gasteiger partial charge < -0.3 is 9.32 Å². The van der Waals surface area contributed by atoms with E-state index in [9.17, 15) is 0 Å². The summed E-state index contributed by atoms with van der Waals surface area (Å²) in [7, 11) is 0. The molecule has 0 bridgehead atoms. The van der Waals surface area contributed by atoms with Gasteiger partial charge in [0.05, 0.1) is 11.4 Å². The van der Waals surface area contributed by atoms with Crippen LogP contribution in [0.25, 0.3) is 74.8 Å². The molecule has 3 heteroatoms. The maximum Gasteiger partial charge on any atom is 0.160 e. The van der Waals surface area contributed by atoms with E-state index in [0.29, 0.717) is 0 Å². The molecule has 0 aliphatic carbocycles. The standard InChI is InChI=1S/C44H27NOS/c1-2-12-28(13-3-1)32-23-24-37-35-18-8-10-20-40(35)46-44(37)43(32)45(30-22-25-42-38(27-30)36-19-9-11-21-41(36)47-42)39-26-29-14-4-5-15-31(29)33-16-6-7-17-34(33)39/h1-27H. The SMILES string of the molecule is c1ccc(-c2ccc3c(oc4ccccc43)c2N(c2ccc3sc4ccccc4c3c2)c2cc3ccccc3c3ccccc23)cc1. The number of hydrogen-bond donors (Lipinski definition) is 0. The number of nitrogens with zero attached hydrogens (tertiary/aromatic N) is 1. The second kappa shape index (κ2) is 10.3. The molecule has 0 fully saturated rings. The number of rotatable bonds is 4. The van der Waals surface area contributed by atoms with E-state index in [1.165, 1.54) is 41.7 Å². The first-order chi connectivity index (χ1) is 23.3. The van der Waals surface area contributed by atoms with E-state index in [1.54, 1.807) is 0 Å². The Morgan fingerprint density at radius 1 is 0.447 bits per heavy atom. The van der Waals surface area contributed by atoms with Crippen molar-refractivity contribution in [1.29, 1.82) is 0 Å². The molecule has 0 radical (unpaired) electrons. The zero-order valence-corrected chi connectivity index (χ0v) is 26.2. The van der Waals surface area contributed by atoms with Crippen LogP contribution < -0.4 is 4.90 Å². The van der Waals surface area contributed by atoms with Crippen LogP contribution in [0.4, 0.5) is 17.1 Å². The molecule has 2 nitrogen and oxygen atoms in total. The van der Waals surface area contributed by atoms with E-state index in [-0.39, 0.29) is 0 Å². The lowest BCUT2D eigenvalue weighted by atomic mass is 9.96. The molecule has 8 aromatic carbocycles. The third-order valence-electron chi connectivity index (χ3n) is 9.43. The molecular weight excluding hydrogens is 591 g/mol. The smallest absolute Gasteiger partial charge is 0.160 e. The first kappa shape index (κ1) is 26.3. The Kier molecular flexibility index (Phi) is 5.78. The Hall–Kier alpha value is -5.90. The predicted octanol–water partition coefficient (Wildman–Crippen LogP) is 13.4. The van der Waals surface area contributed by atoms with Gasteiger partial charge in [0, 0.05) is 47.6 Å². The fourth-order valence-electron chi connectivity index (χ4n) is 7.31. The predicted molar refractivity (Wildman–Crippen MR) is 202 cm³/mol. The van der Waals surface area contributed by atoms with Gasteiger partial charge in [0.1, 0.15) is 5.58 Å². The number of thiophene rings is 1. The third kappa shape index (κ3) is 4.04. The van der Waals surface area contributed by atoms with Crippen molar-refractivity contribution in [2.45, 2.75) is 0 Å². The van der Waals surface area contributed by atoms with Crippen LogP contribution >= 0.6 is 11.3 Å². The van der Waals surface area contributed by atoms with Crippen molar-refractivity contribution in [3.63, 3.8) is 0 Å². The van der Waals surface area contributed by atoms with Gasteiger partial charge in [-0.2, -0.15) is 0 Å². The summed E-state index contributed by atoms with van der Waals surface area (Å²) >= 11 is 1.85. The highest BCUT2D eigenvalue weighted by molar-refractivity contribution is 7.25. The number of para-hydroxylation sites is 1. The van der Waals surface area contributed by atoms with E-state index >= 15 is 0 Å². The summed E-state index contributed by atoms with van der Waals surface area (Å²) in [5.74, 6) is 0. The Morgan fingerprint density at radius 3 is 2.00 bits per heavy atom. The third-order valence-corrected chi connectivity index (χ3v) is 10.6. The molecule has 0 saturated carbocycles. The molecule has 10 aromatic rings. The van der Waals surface area contributed by atoms with Crippen molar-refractivity contribution in [3.8, 4) is 11.1 Å². The summed E-state index contributed by atoms with van der Waals surface area (Å²) in [5.41, 5.74) is 7.25. The summed E-state index contributed by atoms with van der Waals surface area (Å²) in [4.78, 5) is 2.45. The average molecular weight is 618 g/mol. The van der Waals surface area contributed by atoms with Crippen molar-refractivity contribution < 1.29 is 4.42 Å². The number of furan rings is 1. The first-order valence-corrected chi connectivity index (χ1v) is 16.7. The minimum atomic E-state index is 0.875. The highest BCUT2D eigenvalue weighted by atomic mass is 32.1. The van der Waals surface area contributed by atoms with Crippen molar-refractivity contribution >= 4 is 92.1 Å². The van der Waals surface area contributed by atoms with Gasteiger partial charge in [0.2, 0.25) is 0 Å². The van der Waals surface area contributed by atoms with Crippen LogP contribution in [-0.4, -0.2) is 0 Å². The van der Waals surface area contributed by atoms with Crippen molar-refractivity contribution in [1.82, 2.24) is 0 Å². The summed E-state index contributed by atoms with van der Waals surface area (Å²) in [5, 5.41) is 9.62. The maximum atomic E-state index is 6.87. The van der Waals surface area contributed by atoms with Crippen molar-refractivity contribution in [2.24, 2.45) is 0 Å². The number of fused-ring (bicyclic) bond motifs is 9. The zero-order valence-electron chi connectivity index (χ0n) is 25.4. The average Bonchev–Trinajstić information content (AvgIpc) is 3.71. The largest absolute Gasteiger partial charge is 0.454 e. The normalized spacial score (nSPS) is 11.8. The topological polar surface area (TPSA) is 16.4 Å². The molecule has 2 aromatic heterocycles. The van der Waals surface area contributed by atoms with Crippen molar-refractivity contribution in [2.75, 3.05) is 4.90 Å². The molecule has 0 amide bonds. The van der Waals surface area contributed by atoms with E-state index < -0.39 is 0 Å². The van der Waals surface area contributed by atoms with Gasteiger partial charge in [0.15, 0.2) is 5.58 Å². The monoisotopic (exact) mass is 617 g/mol. The lowest BCUT2D eigenvalue weighted by molar-refractivity contribution is 0.669. The quantitative estimate of drug-likeness (QED) is 0.183. The Bertz CT molecular complexity index is 2810. The molecule has 0 atom stereocenters. The van der Waals surface area contributed by atoms with Crippen LogP contribution in [-0.2, 0) is 0 Å². The lowest BCUT2D eigenvalue weighted by Gasteiger charge is -2.30. The van der Waals surface area contributed by atoms with Gasteiger partial charge in [-0.15, -0.1) is 11.3 Å². The molecule has 0 spiro atoms. The van der Waals surface area contributed by atoms with Crippen molar-refractivity contribution in [3.05, 3.63) is 164 Å². The lowest BCUT2D eigenvalue weighted by Crippen LogP contribution is -2.12. The number of hydrogen-bond acceptors (Lipinski definition) is 3. The number of anilines is 3. The summed E-state index contributed by atoms with van der Waals surface area (Å²) in [6.45, 7) is 0. The summed E-state index contributed by atoms with van der Waals surface area (Å²) in [6.07, 6.45) is 0. The van der Waals surface area contributed by atoms with Gasteiger partial charge in [-0.3, -0.25) is 0 Å². The van der Waals surface area contributed by atoms with E-state index in [1.807, 2.05) is 17.4 Å². The second-order valence-electron chi connectivity index (χ2n) is 12.1. The molecule has 0 aliphatic rings. The van der Waals surface area contributed by atoms with Crippen LogP contribution in [0.3, 0.4) is 0 Å². The maximum absolute atomic E-state index is 6.87. The van der Waals surface area contributed by atoms with Crippen LogP contribution in [0.5, 0.6) is 0 Å². The molecular formula is C44H27NOS. The highest BCUT2D eigenvalue weighted by Crippen LogP contribution is 2.50. The minimum Gasteiger partial charge on any atom is -0.454 e. The molecule has 220 valence electrons. The summed E-state index contributed by atoms with van der Waals surface area (Å²) in [6, 6.07) is 59.0. The molecule has 0 unspecified atom stereocenters. The van der Waals surface area contributed by atoms with Crippen LogP contribution in [0, 0.1) is 0 Å². The summed E-state index contributed by atoms with van der Waals surface area (Å²) < 4.78 is 9.45. The van der Waals surface area contributed by atoms with Gasteiger partial charge in [-0.25, -0.2) is 0 Å². The van der Waals surface area contributed by atoms with Crippen LogP contribution in [0.15, 0.2) is 168 Å². The van der Waals surface area contributed by atoms with Gasteiger partial charge >= 0.3 is 0 Å². The second-order valence-corrected chi connectivity index (χ2v) is 13.2. The molecule has 10 rings (SSSR count). The molecule has 0 N–H and O–H groups in total. The fourth-order valence-corrected chi connectivity index (χ4v) is 8.40. The van der Waals surface area contributed by atoms with Crippen LogP contribution in [0.1, 0.15) is 0 Å².